The fourth-order valence-corrected chi connectivity index (χ4v) is 13.8. The number of nitrogens with zero attached hydrogens (tertiary/aromatic N) is 1. The molecule has 4 saturated carbocycles. The first-order valence-corrected chi connectivity index (χ1v) is 21.8. The van der Waals surface area contributed by atoms with E-state index in [-0.39, 0.29) is 51.8 Å². The summed E-state index contributed by atoms with van der Waals surface area (Å²) in [6, 6.07) is 7.90. The van der Waals surface area contributed by atoms with Crippen molar-refractivity contribution in [1.29, 1.82) is 0 Å². The summed E-state index contributed by atoms with van der Waals surface area (Å²) in [6.45, 7) is 22.0. The van der Waals surface area contributed by atoms with Crippen LogP contribution in [0.2, 0.25) is 5.02 Å². The van der Waals surface area contributed by atoms with Gasteiger partial charge < -0.3 is 19.7 Å². The number of halogens is 1. The molecular weight excluding hydrogens is 726 g/mol. The Morgan fingerprint density at radius 3 is 2.25 bits per heavy atom. The van der Waals surface area contributed by atoms with Crippen LogP contribution in [0.15, 0.2) is 35.4 Å². The molecule has 9 atom stereocenters. The molecule has 0 aromatic heterocycles. The quantitative estimate of drug-likeness (QED) is 0.190. The third-order valence-electron chi connectivity index (χ3n) is 16.9. The van der Waals surface area contributed by atoms with Gasteiger partial charge in [0, 0.05) is 49.0 Å². The van der Waals surface area contributed by atoms with E-state index in [1.807, 2.05) is 24.3 Å². The second-order valence-electron chi connectivity index (χ2n) is 20.9. The highest BCUT2D eigenvalue weighted by Gasteiger charge is 2.71. The lowest BCUT2D eigenvalue weighted by Gasteiger charge is -2.72. The summed E-state index contributed by atoms with van der Waals surface area (Å²) in [5.74, 6) is -0.0515. The number of fused-ring (bicyclic) bond motifs is 7. The Morgan fingerprint density at radius 1 is 0.946 bits per heavy atom. The van der Waals surface area contributed by atoms with Gasteiger partial charge >= 0.3 is 11.9 Å². The van der Waals surface area contributed by atoms with Crippen LogP contribution in [0.4, 0.5) is 0 Å². The molecule has 0 heterocycles. The van der Waals surface area contributed by atoms with Crippen LogP contribution in [0, 0.1) is 56.2 Å². The molecule has 1 aromatic carbocycles. The van der Waals surface area contributed by atoms with Crippen molar-refractivity contribution < 1.29 is 34.1 Å². The van der Waals surface area contributed by atoms with Crippen molar-refractivity contribution in [2.75, 3.05) is 26.8 Å². The fourth-order valence-electron chi connectivity index (χ4n) is 13.6. The van der Waals surface area contributed by atoms with Crippen molar-refractivity contribution in [1.82, 2.24) is 4.90 Å². The van der Waals surface area contributed by atoms with Crippen molar-refractivity contribution in [2.24, 2.45) is 56.2 Å². The minimum absolute atomic E-state index is 0.0309. The molecule has 2 N–H and O–H groups in total. The topological polar surface area (TPSA) is 113 Å². The molecule has 6 rings (SSSR count). The molecule has 5 aliphatic rings. The third kappa shape index (κ3) is 7.12. The van der Waals surface area contributed by atoms with Gasteiger partial charge in [0.15, 0.2) is 5.78 Å². The van der Waals surface area contributed by atoms with E-state index in [2.05, 4.69) is 53.4 Å². The zero-order valence-corrected chi connectivity index (χ0v) is 36.7. The van der Waals surface area contributed by atoms with Gasteiger partial charge in [-0.25, -0.2) is 0 Å². The lowest BCUT2D eigenvalue weighted by molar-refractivity contribution is -0.235. The van der Waals surface area contributed by atoms with Gasteiger partial charge in [-0.3, -0.25) is 19.3 Å². The van der Waals surface area contributed by atoms with Crippen LogP contribution >= 0.6 is 11.6 Å². The largest absolute Gasteiger partial charge is 0.481 e. The number of esters is 1. The number of hydrogen-bond donors (Lipinski definition) is 2. The first-order valence-electron chi connectivity index (χ1n) is 21.4. The van der Waals surface area contributed by atoms with Crippen LogP contribution in [0.1, 0.15) is 132 Å². The molecule has 312 valence electrons. The van der Waals surface area contributed by atoms with Gasteiger partial charge in [-0.05, 0) is 128 Å². The molecule has 1 unspecified atom stereocenters. The number of aliphatic hydroxyl groups excluding tert-OH is 1. The first-order chi connectivity index (χ1) is 26.1. The molecule has 1 aromatic rings. The maximum absolute atomic E-state index is 14.3. The number of carbonyl (C=O) groups excluding carboxylic acids is 2. The Labute approximate surface area is 341 Å². The van der Waals surface area contributed by atoms with E-state index in [0.29, 0.717) is 49.5 Å². The molecule has 0 amide bonds. The van der Waals surface area contributed by atoms with E-state index in [1.54, 1.807) is 21.0 Å². The van der Waals surface area contributed by atoms with Crippen LogP contribution in [0.5, 0.6) is 0 Å². The lowest BCUT2D eigenvalue weighted by Crippen LogP contribution is -2.66. The van der Waals surface area contributed by atoms with E-state index in [1.165, 1.54) is 5.57 Å². The Morgan fingerprint density at radius 2 is 1.62 bits per heavy atom. The van der Waals surface area contributed by atoms with Gasteiger partial charge in [0.2, 0.25) is 0 Å². The Bertz CT molecular complexity index is 1700. The number of aliphatic hydroxyl groups is 1. The Hall–Kier alpha value is -2.26. The molecular formula is C47H70ClNO7. The number of rotatable bonds is 13. The number of hydrogen-bond acceptors (Lipinski definition) is 7. The maximum Gasteiger partial charge on any atom is 0.309 e. The molecule has 56 heavy (non-hydrogen) atoms. The van der Waals surface area contributed by atoms with Crippen molar-refractivity contribution in [2.45, 2.75) is 145 Å². The van der Waals surface area contributed by atoms with E-state index < -0.39 is 28.9 Å². The van der Waals surface area contributed by atoms with Gasteiger partial charge in [-0.15, -0.1) is 0 Å². The number of carbonyl (C=O) groups is 3. The molecule has 0 aliphatic heterocycles. The summed E-state index contributed by atoms with van der Waals surface area (Å²) >= 11 is 6.21. The van der Waals surface area contributed by atoms with Gasteiger partial charge in [-0.1, -0.05) is 77.8 Å². The smallest absolute Gasteiger partial charge is 0.309 e. The molecule has 4 fully saturated rings. The Balaban J connectivity index is 1.28. The lowest BCUT2D eigenvalue weighted by atomic mass is 9.33. The molecule has 5 aliphatic carbocycles. The standard InChI is InChI=1S/C47H70ClNO7/c1-29(2)39-33(50)25-47(36(51)28-49(23-24-55-10)27-30-11-13-31(48)14-12-30)22-21-45(8)32(40(39)47)15-16-35-44(7)19-18-37(56-38(52)26-42(3,4)41(53)54)43(5,6)34(44)17-20-46(35,45)9/h11-14,29,32,34-37,51H,15-28H2,1-10H3,(H,53,54)/t32-,34+,35-,36?,37+,44+,45-,46-,47+/m1/s1. The molecule has 0 bridgehead atoms. The summed E-state index contributed by atoms with van der Waals surface area (Å²) in [5.41, 5.74) is 1.43. The predicted molar refractivity (Wildman–Crippen MR) is 220 cm³/mol. The van der Waals surface area contributed by atoms with Crippen molar-refractivity contribution in [3.8, 4) is 0 Å². The Kier molecular flexibility index (Phi) is 11.9. The minimum atomic E-state index is -1.17. The van der Waals surface area contributed by atoms with Crippen LogP contribution in [0.25, 0.3) is 0 Å². The molecule has 0 saturated heterocycles. The van der Waals surface area contributed by atoms with E-state index in [0.717, 1.165) is 62.5 Å². The average molecular weight is 797 g/mol. The second-order valence-corrected chi connectivity index (χ2v) is 21.4. The highest BCUT2D eigenvalue weighted by molar-refractivity contribution is 6.30. The van der Waals surface area contributed by atoms with Gasteiger partial charge in [0.25, 0.3) is 0 Å². The SMILES string of the molecule is COCCN(Cc1ccc(Cl)cc1)CC(O)[C@@]12CC[C@]3(C)[C@H](CC[C@@H]4[C@@]5(C)CC[C@H](OC(=O)CC(C)(C)C(=O)O)C(C)(C)[C@@H]5CC[C@]43C)C1=C(C(C)C)C(=O)C2. The van der Waals surface area contributed by atoms with Crippen LogP contribution in [0.3, 0.4) is 0 Å². The number of allylic oxidation sites excluding steroid dienone is 1. The maximum atomic E-state index is 14.3. The van der Waals surface area contributed by atoms with Gasteiger partial charge in [0.1, 0.15) is 6.10 Å². The number of carboxylic acids is 1. The van der Waals surface area contributed by atoms with E-state index >= 15 is 0 Å². The van der Waals surface area contributed by atoms with Crippen LogP contribution in [-0.2, 0) is 30.4 Å². The minimum Gasteiger partial charge on any atom is -0.481 e. The monoisotopic (exact) mass is 795 g/mol. The van der Waals surface area contributed by atoms with E-state index in [4.69, 9.17) is 21.1 Å². The van der Waals surface area contributed by atoms with E-state index in [9.17, 15) is 24.6 Å². The zero-order chi connectivity index (χ0) is 41.2. The average Bonchev–Trinajstić information content (AvgIpc) is 3.42. The number of ketones is 1. The number of carboxylic acid groups (broad SMARTS) is 1. The highest BCUT2D eigenvalue weighted by atomic mass is 35.5. The summed E-state index contributed by atoms with van der Waals surface area (Å²) in [5, 5.41) is 22.9. The van der Waals surface area contributed by atoms with Crippen LogP contribution < -0.4 is 0 Å². The van der Waals surface area contributed by atoms with Crippen molar-refractivity contribution >= 4 is 29.3 Å². The van der Waals surface area contributed by atoms with Crippen molar-refractivity contribution in [3.63, 3.8) is 0 Å². The molecule has 9 heteroatoms. The summed E-state index contributed by atoms with van der Waals surface area (Å²) in [4.78, 5) is 41.5. The normalized spacial score (nSPS) is 35.8. The second kappa shape index (κ2) is 15.4. The molecule has 8 nitrogen and oxygen atoms in total. The molecule has 0 spiro atoms. The number of benzene rings is 1. The summed E-state index contributed by atoms with van der Waals surface area (Å²) in [6.07, 6.45) is 7.01. The zero-order valence-electron chi connectivity index (χ0n) is 35.9. The van der Waals surface area contributed by atoms with Crippen molar-refractivity contribution in [3.05, 3.63) is 46.0 Å². The number of aliphatic carboxylic acids is 1. The molecule has 0 radical (unpaired) electrons. The third-order valence-corrected chi connectivity index (χ3v) is 17.1. The summed E-state index contributed by atoms with van der Waals surface area (Å²) in [7, 11) is 1.71. The first kappa shape index (κ1) is 43.3. The fraction of sp³-hybridized carbons (Fsp3) is 0.766. The highest BCUT2D eigenvalue weighted by Crippen LogP contribution is 2.77. The number of methoxy groups -OCH3 is 1. The number of ether oxygens (including phenoxy) is 2. The predicted octanol–water partition coefficient (Wildman–Crippen LogP) is 9.54. The van der Waals surface area contributed by atoms with Crippen LogP contribution in [-0.4, -0.2) is 71.8 Å². The van der Waals surface area contributed by atoms with Gasteiger partial charge in [0.05, 0.1) is 24.5 Å². The number of Topliss-reactive ketones (excluding diaryl/α,β-unsaturated/α-hetero) is 1. The summed E-state index contributed by atoms with van der Waals surface area (Å²) < 4.78 is 11.7. The van der Waals surface area contributed by atoms with Gasteiger partial charge in [-0.2, -0.15) is 0 Å².